The van der Waals surface area contributed by atoms with Crippen molar-refractivity contribution in [3.63, 3.8) is 0 Å². The predicted octanol–water partition coefficient (Wildman–Crippen LogP) is 2.05. The van der Waals surface area contributed by atoms with E-state index in [1.54, 1.807) is 0 Å². The molecule has 0 N–H and O–H groups in total. The number of morpholine rings is 1. The summed E-state index contributed by atoms with van der Waals surface area (Å²) in [7, 11) is 2.22. The van der Waals surface area contributed by atoms with Gasteiger partial charge in [-0.3, -0.25) is 4.90 Å². The largest absolute Gasteiger partial charge is 0.379 e. The molecule has 0 amide bonds. The van der Waals surface area contributed by atoms with Crippen LogP contribution in [0, 0.1) is 0 Å². The normalized spacial score (nSPS) is 16.9. The predicted molar refractivity (Wildman–Crippen MR) is 82.9 cm³/mol. The summed E-state index contributed by atoms with van der Waals surface area (Å²) in [6, 6.07) is 4.42. The minimum Gasteiger partial charge on any atom is -0.379 e. The summed E-state index contributed by atoms with van der Waals surface area (Å²) < 4.78 is 7.80. The van der Waals surface area contributed by atoms with E-state index in [1.807, 2.05) is 0 Å². The molecule has 1 aromatic heterocycles. The standard InChI is InChI=1S/C16H29N3O/c1-3-4-7-17(2)15-16-6-5-8-19(16)10-9-18-11-13-20-14-12-18/h5-6,8H,3-4,7,9-15H2,1-2H3. The van der Waals surface area contributed by atoms with E-state index in [4.69, 9.17) is 4.74 Å². The molecule has 2 rings (SSSR count). The first kappa shape index (κ1) is 15.5. The number of aromatic nitrogens is 1. The van der Waals surface area contributed by atoms with Gasteiger partial charge in [0.05, 0.1) is 13.2 Å². The second-order valence-electron chi connectivity index (χ2n) is 5.74. The van der Waals surface area contributed by atoms with Gasteiger partial charge in [-0.2, -0.15) is 0 Å². The molecule has 0 bridgehead atoms. The highest BCUT2D eigenvalue weighted by molar-refractivity contribution is 5.07. The van der Waals surface area contributed by atoms with Crippen molar-refractivity contribution < 1.29 is 4.74 Å². The molecule has 1 aliphatic rings. The van der Waals surface area contributed by atoms with Crippen LogP contribution in [0.1, 0.15) is 25.5 Å². The second kappa shape index (κ2) is 8.45. The molecular weight excluding hydrogens is 250 g/mol. The molecule has 0 spiro atoms. The molecule has 1 saturated heterocycles. The Morgan fingerprint density at radius 2 is 2.05 bits per heavy atom. The molecule has 0 saturated carbocycles. The number of nitrogens with zero attached hydrogens (tertiary/aromatic N) is 3. The summed E-state index contributed by atoms with van der Waals surface area (Å²) in [5.41, 5.74) is 1.43. The summed E-state index contributed by atoms with van der Waals surface area (Å²) in [5, 5.41) is 0. The van der Waals surface area contributed by atoms with Crippen molar-refractivity contribution in [2.45, 2.75) is 32.9 Å². The van der Waals surface area contributed by atoms with Crippen LogP contribution in [0.15, 0.2) is 18.3 Å². The van der Waals surface area contributed by atoms with Crippen LogP contribution >= 0.6 is 0 Å². The minimum atomic E-state index is 0.887. The molecule has 0 aromatic carbocycles. The van der Waals surface area contributed by atoms with Gasteiger partial charge in [0, 0.05) is 44.6 Å². The Balaban J connectivity index is 1.78. The van der Waals surface area contributed by atoms with E-state index in [1.165, 1.54) is 25.1 Å². The smallest absolute Gasteiger partial charge is 0.0594 e. The van der Waals surface area contributed by atoms with Crippen molar-refractivity contribution in [3.05, 3.63) is 24.0 Å². The first-order chi connectivity index (χ1) is 9.79. The fraction of sp³-hybridized carbons (Fsp3) is 0.750. The highest BCUT2D eigenvalue weighted by Crippen LogP contribution is 2.07. The second-order valence-corrected chi connectivity index (χ2v) is 5.74. The number of hydrogen-bond donors (Lipinski definition) is 0. The van der Waals surface area contributed by atoms with Crippen LogP contribution in [-0.2, 0) is 17.8 Å². The van der Waals surface area contributed by atoms with E-state index in [0.717, 1.165) is 45.9 Å². The van der Waals surface area contributed by atoms with Gasteiger partial charge in [0.1, 0.15) is 0 Å². The molecule has 4 nitrogen and oxygen atoms in total. The zero-order valence-electron chi connectivity index (χ0n) is 13.1. The molecule has 20 heavy (non-hydrogen) atoms. The summed E-state index contributed by atoms with van der Waals surface area (Å²) in [6.07, 6.45) is 4.76. The summed E-state index contributed by atoms with van der Waals surface area (Å²) in [5.74, 6) is 0. The van der Waals surface area contributed by atoms with Gasteiger partial charge in [0.2, 0.25) is 0 Å². The van der Waals surface area contributed by atoms with Gasteiger partial charge in [-0.1, -0.05) is 13.3 Å². The van der Waals surface area contributed by atoms with Crippen molar-refractivity contribution >= 4 is 0 Å². The SMILES string of the molecule is CCCCN(C)Cc1cccn1CCN1CCOCC1. The molecule has 114 valence electrons. The van der Waals surface area contributed by atoms with Gasteiger partial charge in [-0.25, -0.2) is 0 Å². The number of unbranched alkanes of at least 4 members (excludes halogenated alkanes) is 1. The lowest BCUT2D eigenvalue weighted by Gasteiger charge is -2.27. The Kier molecular flexibility index (Phi) is 6.57. The van der Waals surface area contributed by atoms with Crippen LogP contribution in [0.3, 0.4) is 0 Å². The summed E-state index contributed by atoms with van der Waals surface area (Å²) in [6.45, 7) is 10.6. The van der Waals surface area contributed by atoms with Gasteiger partial charge in [-0.05, 0) is 32.1 Å². The lowest BCUT2D eigenvalue weighted by atomic mass is 10.3. The Morgan fingerprint density at radius 3 is 2.80 bits per heavy atom. The van der Waals surface area contributed by atoms with Gasteiger partial charge in [-0.15, -0.1) is 0 Å². The Morgan fingerprint density at radius 1 is 1.25 bits per heavy atom. The van der Waals surface area contributed by atoms with Crippen LogP contribution in [0.5, 0.6) is 0 Å². The first-order valence-electron chi connectivity index (χ1n) is 7.92. The fourth-order valence-corrected chi connectivity index (χ4v) is 2.67. The molecule has 1 aromatic rings. The van der Waals surface area contributed by atoms with E-state index in [2.05, 4.69) is 46.7 Å². The van der Waals surface area contributed by atoms with Crippen LogP contribution in [0.2, 0.25) is 0 Å². The zero-order chi connectivity index (χ0) is 14.2. The molecular formula is C16H29N3O. The lowest BCUT2D eigenvalue weighted by Crippen LogP contribution is -2.38. The van der Waals surface area contributed by atoms with Gasteiger partial charge < -0.3 is 14.2 Å². The summed E-state index contributed by atoms with van der Waals surface area (Å²) >= 11 is 0. The van der Waals surface area contributed by atoms with Crippen molar-refractivity contribution in [2.75, 3.05) is 46.4 Å². The highest BCUT2D eigenvalue weighted by atomic mass is 16.5. The quantitative estimate of drug-likeness (QED) is 0.726. The summed E-state index contributed by atoms with van der Waals surface area (Å²) in [4.78, 5) is 4.91. The van der Waals surface area contributed by atoms with Crippen LogP contribution in [-0.4, -0.2) is 60.8 Å². The number of rotatable bonds is 8. The van der Waals surface area contributed by atoms with Crippen molar-refractivity contribution in [1.82, 2.24) is 14.4 Å². The topological polar surface area (TPSA) is 20.6 Å². The number of ether oxygens (including phenoxy) is 1. The van der Waals surface area contributed by atoms with Crippen molar-refractivity contribution in [2.24, 2.45) is 0 Å². The van der Waals surface area contributed by atoms with Gasteiger partial charge >= 0.3 is 0 Å². The third-order valence-electron chi connectivity index (χ3n) is 4.01. The Hall–Kier alpha value is -0.840. The molecule has 1 aliphatic heterocycles. The molecule has 0 atom stereocenters. The molecule has 0 aliphatic carbocycles. The first-order valence-corrected chi connectivity index (χ1v) is 7.92. The van der Waals surface area contributed by atoms with Crippen LogP contribution in [0.25, 0.3) is 0 Å². The van der Waals surface area contributed by atoms with E-state index in [9.17, 15) is 0 Å². The molecule has 0 unspecified atom stereocenters. The average Bonchev–Trinajstić information content (AvgIpc) is 2.91. The Labute approximate surface area is 123 Å². The van der Waals surface area contributed by atoms with Gasteiger partial charge in [0.25, 0.3) is 0 Å². The average molecular weight is 279 g/mol. The van der Waals surface area contributed by atoms with Crippen LogP contribution in [0.4, 0.5) is 0 Å². The third-order valence-corrected chi connectivity index (χ3v) is 4.01. The monoisotopic (exact) mass is 279 g/mol. The minimum absolute atomic E-state index is 0.887. The zero-order valence-corrected chi connectivity index (χ0v) is 13.1. The molecule has 0 radical (unpaired) electrons. The Bertz CT molecular complexity index is 372. The van der Waals surface area contributed by atoms with E-state index >= 15 is 0 Å². The van der Waals surface area contributed by atoms with E-state index < -0.39 is 0 Å². The molecule has 2 heterocycles. The lowest BCUT2D eigenvalue weighted by molar-refractivity contribution is 0.0362. The van der Waals surface area contributed by atoms with Gasteiger partial charge in [0.15, 0.2) is 0 Å². The maximum Gasteiger partial charge on any atom is 0.0594 e. The molecule has 4 heteroatoms. The van der Waals surface area contributed by atoms with Crippen molar-refractivity contribution in [1.29, 1.82) is 0 Å². The highest BCUT2D eigenvalue weighted by Gasteiger charge is 2.11. The maximum absolute atomic E-state index is 5.40. The fourth-order valence-electron chi connectivity index (χ4n) is 2.67. The van der Waals surface area contributed by atoms with E-state index in [0.29, 0.717) is 0 Å². The van der Waals surface area contributed by atoms with E-state index in [-0.39, 0.29) is 0 Å². The third kappa shape index (κ3) is 4.93. The van der Waals surface area contributed by atoms with Crippen LogP contribution < -0.4 is 0 Å². The maximum atomic E-state index is 5.40. The number of hydrogen-bond acceptors (Lipinski definition) is 3. The van der Waals surface area contributed by atoms with Crippen molar-refractivity contribution in [3.8, 4) is 0 Å². The molecule has 1 fully saturated rings.